The van der Waals surface area contributed by atoms with Crippen molar-refractivity contribution < 1.29 is 24.1 Å². The van der Waals surface area contributed by atoms with E-state index < -0.39 is 0 Å². The van der Waals surface area contributed by atoms with Crippen LogP contribution in [0.1, 0.15) is 18.1 Å². The number of nitrogens with one attached hydrogen (secondary N) is 2. The van der Waals surface area contributed by atoms with Crippen molar-refractivity contribution in [1.82, 2.24) is 0 Å². The molecule has 1 aromatic rings. The Morgan fingerprint density at radius 3 is 2.26 bits per heavy atom. The number of rotatable bonds is 6. The van der Waals surface area contributed by atoms with E-state index in [1.54, 1.807) is 14.2 Å². The Bertz CT molecular complexity index is 554. The highest BCUT2D eigenvalue weighted by atomic mass is 16.5. The quantitative estimate of drug-likeness (QED) is 0.577. The molecular formula is C17H29N3O3+2. The average Bonchev–Trinajstić information content (AvgIpc) is 2.56. The first-order valence-corrected chi connectivity index (χ1v) is 8.15. The number of ether oxygens (including phenoxy) is 2. The molecule has 6 heteroatoms. The summed E-state index contributed by atoms with van der Waals surface area (Å²) < 4.78 is 10.8. The molecule has 1 amide bonds. The van der Waals surface area contributed by atoms with Crippen LogP contribution in [0.5, 0.6) is 11.5 Å². The lowest BCUT2D eigenvalue weighted by Crippen LogP contribution is -3.29. The Balaban J connectivity index is 2.00. The zero-order chi connectivity index (χ0) is 17.0. The van der Waals surface area contributed by atoms with Crippen molar-refractivity contribution in [2.75, 3.05) is 40.4 Å². The summed E-state index contributed by atoms with van der Waals surface area (Å²) in [4.78, 5) is 14.1. The molecule has 1 fully saturated rings. The van der Waals surface area contributed by atoms with E-state index in [1.807, 2.05) is 13.0 Å². The summed E-state index contributed by atoms with van der Waals surface area (Å²) in [5.41, 5.74) is 7.91. The van der Waals surface area contributed by atoms with Crippen LogP contribution < -0.4 is 25.0 Å². The number of nitrogens with two attached hydrogens (primary N) is 1. The summed E-state index contributed by atoms with van der Waals surface area (Å²) in [5.74, 6) is 1.34. The fraction of sp³-hybridized carbons (Fsp3) is 0.588. The Labute approximate surface area is 138 Å². The Hall–Kier alpha value is -1.79. The minimum atomic E-state index is -0.209. The molecule has 0 unspecified atom stereocenters. The molecular weight excluding hydrogens is 294 g/mol. The van der Waals surface area contributed by atoms with Gasteiger partial charge in [-0.1, -0.05) is 0 Å². The zero-order valence-electron chi connectivity index (χ0n) is 14.6. The molecule has 0 spiro atoms. The SMILES string of the molecule is COc1cc(C)c(C[NH+]2CC[NH+]([C@H](C)C(N)=O)CC2)cc1OC. The molecule has 1 aliphatic rings. The van der Waals surface area contributed by atoms with Gasteiger partial charge in [-0.2, -0.15) is 0 Å². The van der Waals surface area contributed by atoms with Crippen molar-refractivity contribution in [3.63, 3.8) is 0 Å². The molecule has 1 heterocycles. The number of hydrogen-bond acceptors (Lipinski definition) is 3. The molecule has 1 saturated heterocycles. The highest BCUT2D eigenvalue weighted by molar-refractivity contribution is 5.77. The third kappa shape index (κ3) is 4.14. The predicted molar refractivity (Wildman–Crippen MR) is 88.0 cm³/mol. The molecule has 0 aliphatic carbocycles. The predicted octanol–water partition coefficient (Wildman–Crippen LogP) is -1.83. The molecule has 1 atom stereocenters. The summed E-state index contributed by atoms with van der Waals surface area (Å²) in [6.45, 7) is 9.03. The van der Waals surface area contributed by atoms with Crippen molar-refractivity contribution in [2.45, 2.75) is 26.4 Å². The van der Waals surface area contributed by atoms with Crippen molar-refractivity contribution >= 4 is 5.91 Å². The second kappa shape index (κ2) is 7.66. The summed E-state index contributed by atoms with van der Waals surface area (Å²) in [6.07, 6.45) is 0. The molecule has 0 radical (unpaired) electrons. The minimum Gasteiger partial charge on any atom is -0.493 e. The lowest BCUT2D eigenvalue weighted by Gasteiger charge is -2.32. The van der Waals surface area contributed by atoms with Crippen LogP contribution in [0.4, 0.5) is 0 Å². The number of methoxy groups -OCH3 is 2. The first-order valence-electron chi connectivity index (χ1n) is 8.15. The third-order valence-electron chi connectivity index (χ3n) is 4.92. The number of piperazine rings is 1. The number of hydrogen-bond donors (Lipinski definition) is 3. The number of benzene rings is 1. The summed E-state index contributed by atoms with van der Waals surface area (Å²) >= 11 is 0. The van der Waals surface area contributed by atoms with Crippen LogP contribution in [0.2, 0.25) is 0 Å². The smallest absolute Gasteiger partial charge is 0.275 e. The maximum Gasteiger partial charge on any atom is 0.275 e. The van der Waals surface area contributed by atoms with Crippen molar-refractivity contribution in [2.24, 2.45) is 5.73 Å². The minimum absolute atomic E-state index is 0.0978. The van der Waals surface area contributed by atoms with Crippen LogP contribution in [0, 0.1) is 6.92 Å². The van der Waals surface area contributed by atoms with Crippen LogP contribution in [0.25, 0.3) is 0 Å². The number of primary amides is 1. The largest absolute Gasteiger partial charge is 0.493 e. The second-order valence-electron chi connectivity index (χ2n) is 6.34. The van der Waals surface area contributed by atoms with Gasteiger partial charge >= 0.3 is 0 Å². The number of carbonyl (C=O) groups is 1. The van der Waals surface area contributed by atoms with Gasteiger partial charge in [-0.3, -0.25) is 4.79 Å². The summed E-state index contributed by atoms with van der Waals surface area (Å²) in [7, 11) is 3.32. The maximum absolute atomic E-state index is 11.3. The molecule has 0 bridgehead atoms. The Kier molecular flexibility index (Phi) is 5.85. The van der Waals surface area contributed by atoms with Gasteiger partial charge in [-0.15, -0.1) is 0 Å². The van der Waals surface area contributed by atoms with Gasteiger partial charge in [0.25, 0.3) is 5.91 Å². The second-order valence-corrected chi connectivity index (χ2v) is 6.34. The maximum atomic E-state index is 11.3. The summed E-state index contributed by atoms with van der Waals surface area (Å²) in [6, 6.07) is 4.01. The van der Waals surface area contributed by atoms with Crippen LogP contribution in [-0.2, 0) is 11.3 Å². The molecule has 23 heavy (non-hydrogen) atoms. The van der Waals surface area contributed by atoms with Gasteiger partial charge < -0.3 is 25.0 Å². The third-order valence-corrected chi connectivity index (χ3v) is 4.92. The lowest BCUT2D eigenvalue weighted by molar-refractivity contribution is -1.02. The molecule has 128 valence electrons. The molecule has 1 aromatic carbocycles. The van der Waals surface area contributed by atoms with Crippen molar-refractivity contribution in [3.05, 3.63) is 23.3 Å². The molecule has 6 nitrogen and oxygen atoms in total. The van der Waals surface area contributed by atoms with E-state index in [-0.39, 0.29) is 11.9 Å². The molecule has 0 aromatic heterocycles. The van der Waals surface area contributed by atoms with Gasteiger partial charge in [0, 0.05) is 5.56 Å². The van der Waals surface area contributed by atoms with E-state index in [9.17, 15) is 4.79 Å². The Morgan fingerprint density at radius 2 is 1.74 bits per heavy atom. The Morgan fingerprint density at radius 1 is 1.17 bits per heavy atom. The van der Waals surface area contributed by atoms with E-state index in [2.05, 4.69) is 13.0 Å². The van der Waals surface area contributed by atoms with E-state index in [4.69, 9.17) is 15.2 Å². The fourth-order valence-electron chi connectivity index (χ4n) is 3.22. The molecule has 2 rings (SSSR count). The van der Waals surface area contributed by atoms with Crippen LogP contribution >= 0.6 is 0 Å². The first-order chi connectivity index (χ1) is 11.0. The van der Waals surface area contributed by atoms with E-state index >= 15 is 0 Å². The van der Waals surface area contributed by atoms with Gasteiger partial charge in [0.2, 0.25) is 0 Å². The fourth-order valence-corrected chi connectivity index (χ4v) is 3.22. The standard InChI is InChI=1S/C17H27N3O3/c1-12-9-15(22-3)16(23-4)10-14(12)11-19-5-7-20(8-6-19)13(2)17(18)21/h9-10,13H,5-8,11H2,1-4H3,(H2,18,21)/p+2/t13-/m1/s1. The van der Waals surface area contributed by atoms with Crippen molar-refractivity contribution in [3.8, 4) is 11.5 Å². The van der Waals surface area contributed by atoms with Gasteiger partial charge in [-0.05, 0) is 31.5 Å². The highest BCUT2D eigenvalue weighted by Crippen LogP contribution is 2.29. The first kappa shape index (κ1) is 17.6. The number of carbonyl (C=O) groups excluding carboxylic acids is 1. The molecule has 0 saturated carbocycles. The average molecular weight is 323 g/mol. The number of amides is 1. The van der Waals surface area contributed by atoms with Gasteiger partial charge in [0.15, 0.2) is 17.5 Å². The van der Waals surface area contributed by atoms with E-state index in [0.29, 0.717) is 0 Å². The van der Waals surface area contributed by atoms with Crippen LogP contribution in [-0.4, -0.2) is 52.3 Å². The topological polar surface area (TPSA) is 70.4 Å². The summed E-state index contributed by atoms with van der Waals surface area (Å²) in [5, 5.41) is 0. The van der Waals surface area contributed by atoms with Gasteiger partial charge in [0.1, 0.15) is 32.7 Å². The number of quaternary nitrogens is 2. The normalized spacial score (nSPS) is 22.4. The molecule has 4 N–H and O–H groups in total. The van der Waals surface area contributed by atoms with E-state index in [0.717, 1.165) is 44.2 Å². The monoisotopic (exact) mass is 323 g/mol. The highest BCUT2D eigenvalue weighted by Gasteiger charge is 2.30. The van der Waals surface area contributed by atoms with E-state index in [1.165, 1.54) is 20.9 Å². The van der Waals surface area contributed by atoms with Gasteiger partial charge in [0.05, 0.1) is 14.2 Å². The van der Waals surface area contributed by atoms with Crippen LogP contribution in [0.3, 0.4) is 0 Å². The molecule has 1 aliphatic heterocycles. The zero-order valence-corrected chi connectivity index (χ0v) is 14.6. The van der Waals surface area contributed by atoms with Gasteiger partial charge in [-0.25, -0.2) is 0 Å². The van der Waals surface area contributed by atoms with Crippen LogP contribution in [0.15, 0.2) is 12.1 Å². The lowest BCUT2D eigenvalue weighted by atomic mass is 10.1. The van der Waals surface area contributed by atoms with Crippen molar-refractivity contribution in [1.29, 1.82) is 0 Å². The number of aryl methyl sites for hydroxylation is 1.